The molecule has 1 aliphatic carbocycles. The molecule has 1 amide bonds. The fourth-order valence-corrected chi connectivity index (χ4v) is 3.46. The van der Waals surface area contributed by atoms with Gasteiger partial charge in [0.25, 0.3) is 0 Å². The molecule has 0 bridgehead atoms. The second kappa shape index (κ2) is 8.84. The fraction of sp³-hybridized carbons (Fsp3) is 0.533. The molecule has 1 fully saturated rings. The number of hydrogen-bond donors (Lipinski definition) is 2. The summed E-state index contributed by atoms with van der Waals surface area (Å²) in [6.45, 7) is 1.14. The second-order valence-corrected chi connectivity index (χ2v) is 6.09. The zero-order valence-electron chi connectivity index (χ0n) is 11.8. The van der Waals surface area contributed by atoms with Crippen LogP contribution in [0, 0.1) is 11.8 Å². The van der Waals surface area contributed by atoms with Crippen LogP contribution in [-0.2, 0) is 11.2 Å². The molecule has 3 nitrogen and oxygen atoms in total. The van der Waals surface area contributed by atoms with Crippen molar-refractivity contribution in [2.45, 2.75) is 25.7 Å². The predicted octanol–water partition coefficient (Wildman–Crippen LogP) is 3.45. The van der Waals surface area contributed by atoms with Crippen LogP contribution < -0.4 is 11.1 Å². The SMILES string of the molecule is Cl.NC[C@H]1CCC[C@H]1C(=O)NCCc1c(Cl)cccc1Cl. The normalized spacial score (nSPS) is 20.9. The molecule has 118 valence electrons. The van der Waals surface area contributed by atoms with Gasteiger partial charge in [0.1, 0.15) is 0 Å². The van der Waals surface area contributed by atoms with Gasteiger partial charge in [-0.05, 0) is 49.4 Å². The van der Waals surface area contributed by atoms with Crippen LogP contribution in [0.15, 0.2) is 18.2 Å². The zero-order chi connectivity index (χ0) is 14.5. The van der Waals surface area contributed by atoms with E-state index in [4.69, 9.17) is 28.9 Å². The molecule has 0 unspecified atom stereocenters. The highest BCUT2D eigenvalue weighted by Gasteiger charge is 2.31. The molecule has 2 atom stereocenters. The molecule has 3 N–H and O–H groups in total. The Hall–Kier alpha value is -0.480. The van der Waals surface area contributed by atoms with Crippen molar-refractivity contribution < 1.29 is 4.79 Å². The van der Waals surface area contributed by atoms with E-state index in [0.717, 1.165) is 24.8 Å². The molecule has 0 saturated heterocycles. The summed E-state index contributed by atoms with van der Waals surface area (Å²) in [7, 11) is 0. The largest absolute Gasteiger partial charge is 0.356 e. The van der Waals surface area contributed by atoms with Gasteiger partial charge in [-0.25, -0.2) is 0 Å². The number of carbonyl (C=O) groups excluding carboxylic acids is 1. The number of halogens is 3. The van der Waals surface area contributed by atoms with Crippen LogP contribution >= 0.6 is 35.6 Å². The van der Waals surface area contributed by atoms with Crippen LogP contribution in [0.1, 0.15) is 24.8 Å². The standard InChI is InChI=1S/C15H20Cl2N2O.ClH/c16-13-5-2-6-14(17)12(13)7-8-19-15(20)11-4-1-3-10(11)9-18;/h2,5-6,10-11H,1,3-4,7-9,18H2,(H,19,20);1H/t10-,11-;/m1./s1. The third-order valence-corrected chi connectivity index (χ3v) is 4.74. The number of rotatable bonds is 5. The minimum absolute atomic E-state index is 0. The third kappa shape index (κ3) is 4.75. The molecule has 1 saturated carbocycles. The van der Waals surface area contributed by atoms with Gasteiger partial charge in [-0.15, -0.1) is 12.4 Å². The Balaban J connectivity index is 0.00000220. The molecule has 0 heterocycles. The van der Waals surface area contributed by atoms with Crippen molar-refractivity contribution in [1.29, 1.82) is 0 Å². The molecule has 1 aromatic rings. The smallest absolute Gasteiger partial charge is 0.223 e. The van der Waals surface area contributed by atoms with Gasteiger partial charge in [-0.3, -0.25) is 4.79 Å². The summed E-state index contributed by atoms with van der Waals surface area (Å²) in [6.07, 6.45) is 3.74. The van der Waals surface area contributed by atoms with Gasteiger partial charge < -0.3 is 11.1 Å². The van der Waals surface area contributed by atoms with Crippen molar-refractivity contribution in [2.75, 3.05) is 13.1 Å². The molecule has 0 aliphatic heterocycles. The lowest BCUT2D eigenvalue weighted by Gasteiger charge is -2.17. The van der Waals surface area contributed by atoms with Gasteiger partial charge in [0.05, 0.1) is 0 Å². The molecule has 1 aromatic carbocycles. The van der Waals surface area contributed by atoms with Gasteiger partial charge in [0.2, 0.25) is 5.91 Å². The summed E-state index contributed by atoms with van der Waals surface area (Å²) >= 11 is 12.2. The summed E-state index contributed by atoms with van der Waals surface area (Å²) < 4.78 is 0. The van der Waals surface area contributed by atoms with Gasteiger partial charge in [-0.2, -0.15) is 0 Å². The molecular weight excluding hydrogens is 331 g/mol. The Morgan fingerprint density at radius 2 is 1.95 bits per heavy atom. The highest BCUT2D eigenvalue weighted by Crippen LogP contribution is 2.31. The van der Waals surface area contributed by atoms with Gasteiger partial charge in [-0.1, -0.05) is 35.7 Å². The topological polar surface area (TPSA) is 55.1 Å². The Labute approximate surface area is 142 Å². The van der Waals surface area contributed by atoms with E-state index in [1.165, 1.54) is 0 Å². The lowest BCUT2D eigenvalue weighted by Crippen LogP contribution is -2.36. The van der Waals surface area contributed by atoms with Crippen molar-refractivity contribution in [3.05, 3.63) is 33.8 Å². The van der Waals surface area contributed by atoms with Gasteiger partial charge in [0.15, 0.2) is 0 Å². The van der Waals surface area contributed by atoms with Crippen LogP contribution in [0.4, 0.5) is 0 Å². The van der Waals surface area contributed by atoms with Crippen LogP contribution in [0.25, 0.3) is 0 Å². The highest BCUT2D eigenvalue weighted by molar-refractivity contribution is 6.35. The molecule has 0 aromatic heterocycles. The first-order chi connectivity index (χ1) is 9.63. The molecular formula is C15H21Cl3N2O. The Bertz CT molecular complexity index is 462. The quantitative estimate of drug-likeness (QED) is 0.853. The minimum Gasteiger partial charge on any atom is -0.356 e. The first-order valence-electron chi connectivity index (χ1n) is 7.04. The molecule has 0 radical (unpaired) electrons. The maximum atomic E-state index is 12.1. The van der Waals surface area contributed by atoms with E-state index < -0.39 is 0 Å². The number of nitrogens with two attached hydrogens (primary N) is 1. The average Bonchev–Trinajstić information content (AvgIpc) is 2.90. The van der Waals surface area contributed by atoms with Crippen LogP contribution in [0.2, 0.25) is 10.0 Å². The van der Waals surface area contributed by atoms with Crippen molar-refractivity contribution in [1.82, 2.24) is 5.32 Å². The molecule has 2 rings (SSSR count). The summed E-state index contributed by atoms with van der Waals surface area (Å²) in [4.78, 5) is 12.1. The third-order valence-electron chi connectivity index (χ3n) is 4.03. The molecule has 21 heavy (non-hydrogen) atoms. The average molecular weight is 352 g/mol. The van der Waals surface area contributed by atoms with E-state index in [1.807, 2.05) is 18.2 Å². The van der Waals surface area contributed by atoms with Crippen LogP contribution in [0.5, 0.6) is 0 Å². The number of benzene rings is 1. The maximum absolute atomic E-state index is 12.1. The van der Waals surface area contributed by atoms with Crippen LogP contribution in [0.3, 0.4) is 0 Å². The van der Waals surface area contributed by atoms with Crippen molar-refractivity contribution in [3.8, 4) is 0 Å². The van der Waals surface area contributed by atoms with E-state index in [9.17, 15) is 4.79 Å². The van der Waals surface area contributed by atoms with Gasteiger partial charge in [0, 0.05) is 22.5 Å². The van der Waals surface area contributed by atoms with E-state index in [-0.39, 0.29) is 24.2 Å². The summed E-state index contributed by atoms with van der Waals surface area (Å²) in [5, 5.41) is 4.27. The summed E-state index contributed by atoms with van der Waals surface area (Å²) in [6, 6.07) is 5.44. The number of nitrogens with one attached hydrogen (secondary N) is 1. The Kier molecular flexibility index (Phi) is 7.82. The van der Waals surface area contributed by atoms with Crippen molar-refractivity contribution in [2.24, 2.45) is 17.6 Å². The van der Waals surface area contributed by atoms with Crippen molar-refractivity contribution >= 4 is 41.5 Å². The highest BCUT2D eigenvalue weighted by atomic mass is 35.5. The number of carbonyl (C=O) groups is 1. The molecule has 6 heteroatoms. The first-order valence-corrected chi connectivity index (χ1v) is 7.79. The summed E-state index contributed by atoms with van der Waals surface area (Å²) in [5.74, 6) is 0.516. The monoisotopic (exact) mass is 350 g/mol. The molecule has 1 aliphatic rings. The lowest BCUT2D eigenvalue weighted by atomic mass is 9.95. The fourth-order valence-electron chi connectivity index (χ4n) is 2.88. The number of hydrogen-bond acceptors (Lipinski definition) is 2. The van der Waals surface area contributed by atoms with Gasteiger partial charge >= 0.3 is 0 Å². The first kappa shape index (κ1) is 18.6. The zero-order valence-corrected chi connectivity index (χ0v) is 14.1. The van der Waals surface area contributed by atoms with E-state index in [1.54, 1.807) is 0 Å². The van der Waals surface area contributed by atoms with E-state index >= 15 is 0 Å². The van der Waals surface area contributed by atoms with Crippen LogP contribution in [-0.4, -0.2) is 19.0 Å². The molecule has 0 spiro atoms. The lowest BCUT2D eigenvalue weighted by molar-refractivity contribution is -0.125. The predicted molar refractivity (Wildman–Crippen MR) is 90.3 cm³/mol. The van der Waals surface area contributed by atoms with E-state index in [2.05, 4.69) is 5.32 Å². The second-order valence-electron chi connectivity index (χ2n) is 5.27. The summed E-state index contributed by atoms with van der Waals surface area (Å²) in [5.41, 5.74) is 6.59. The Morgan fingerprint density at radius 3 is 2.57 bits per heavy atom. The number of amides is 1. The van der Waals surface area contributed by atoms with Crippen molar-refractivity contribution in [3.63, 3.8) is 0 Å². The maximum Gasteiger partial charge on any atom is 0.223 e. The van der Waals surface area contributed by atoms with E-state index in [0.29, 0.717) is 35.5 Å². The minimum atomic E-state index is 0. The Morgan fingerprint density at radius 1 is 1.29 bits per heavy atom.